The third-order valence-electron chi connectivity index (χ3n) is 4.88. The number of guanidine groups is 1. The predicted molar refractivity (Wildman–Crippen MR) is 108 cm³/mol. The highest BCUT2D eigenvalue weighted by atomic mass is 127. The summed E-state index contributed by atoms with van der Waals surface area (Å²) < 4.78 is 5.13. The lowest BCUT2D eigenvalue weighted by Gasteiger charge is -2.33. The van der Waals surface area contributed by atoms with Crippen molar-refractivity contribution in [2.24, 2.45) is 10.9 Å². The smallest absolute Gasteiger partial charge is 0.191 e. The van der Waals surface area contributed by atoms with Crippen molar-refractivity contribution in [3.63, 3.8) is 0 Å². The largest absolute Gasteiger partial charge is 0.385 e. The van der Waals surface area contributed by atoms with Crippen LogP contribution in [0.4, 0.5) is 0 Å². The molecule has 0 amide bonds. The normalized spacial score (nSPS) is 25.8. The van der Waals surface area contributed by atoms with Crippen molar-refractivity contribution >= 4 is 29.9 Å². The quantitative estimate of drug-likeness (QED) is 0.265. The Morgan fingerprint density at radius 1 is 1.26 bits per heavy atom. The van der Waals surface area contributed by atoms with E-state index in [4.69, 9.17) is 4.74 Å². The van der Waals surface area contributed by atoms with E-state index in [-0.39, 0.29) is 24.0 Å². The van der Waals surface area contributed by atoms with Gasteiger partial charge in [0, 0.05) is 52.5 Å². The van der Waals surface area contributed by atoms with Crippen LogP contribution in [-0.4, -0.2) is 63.3 Å². The van der Waals surface area contributed by atoms with Crippen LogP contribution < -0.4 is 10.6 Å². The summed E-state index contributed by atoms with van der Waals surface area (Å²) in [7, 11) is 3.66. The molecule has 0 aromatic carbocycles. The standard InChI is InChI=1S/C17H34N4O.HI/c1-4-6-14-13-16(14)20-17(18-2)19-15-7-10-21(11-8-15)9-5-12-22-3;/h14-16H,4-13H2,1-3H3,(H2,18,19,20);1H. The Labute approximate surface area is 159 Å². The maximum atomic E-state index is 5.13. The van der Waals surface area contributed by atoms with Crippen molar-refractivity contribution in [3.05, 3.63) is 0 Å². The number of piperidine rings is 1. The van der Waals surface area contributed by atoms with Crippen LogP contribution in [0.3, 0.4) is 0 Å². The molecule has 0 bridgehead atoms. The van der Waals surface area contributed by atoms with Gasteiger partial charge in [-0.2, -0.15) is 0 Å². The van der Waals surface area contributed by atoms with Crippen LogP contribution >= 0.6 is 24.0 Å². The van der Waals surface area contributed by atoms with Crippen LogP contribution in [0, 0.1) is 5.92 Å². The fraction of sp³-hybridized carbons (Fsp3) is 0.941. The van der Waals surface area contributed by atoms with Crippen molar-refractivity contribution in [2.75, 3.05) is 40.4 Å². The average molecular weight is 438 g/mol. The number of nitrogens with one attached hydrogen (secondary N) is 2. The first-order valence-corrected chi connectivity index (χ1v) is 8.98. The SMILES string of the molecule is CCCC1CC1NC(=NC)NC1CCN(CCCOC)CC1.I. The third kappa shape index (κ3) is 7.56. The number of hydrogen-bond acceptors (Lipinski definition) is 3. The Balaban J connectivity index is 0.00000264. The summed E-state index contributed by atoms with van der Waals surface area (Å²) >= 11 is 0. The van der Waals surface area contributed by atoms with E-state index in [0.29, 0.717) is 12.1 Å². The van der Waals surface area contributed by atoms with Gasteiger partial charge < -0.3 is 20.3 Å². The molecule has 0 aromatic rings. The van der Waals surface area contributed by atoms with Gasteiger partial charge in [0.05, 0.1) is 0 Å². The molecule has 2 N–H and O–H groups in total. The first-order valence-electron chi connectivity index (χ1n) is 8.98. The number of hydrogen-bond donors (Lipinski definition) is 2. The molecule has 136 valence electrons. The molecule has 1 saturated heterocycles. The highest BCUT2D eigenvalue weighted by molar-refractivity contribution is 14.0. The molecular formula is C17H35IN4O. The van der Waals surface area contributed by atoms with E-state index in [1.54, 1.807) is 7.11 Å². The first-order chi connectivity index (χ1) is 10.8. The van der Waals surface area contributed by atoms with E-state index < -0.39 is 0 Å². The van der Waals surface area contributed by atoms with Gasteiger partial charge >= 0.3 is 0 Å². The van der Waals surface area contributed by atoms with Gasteiger partial charge in [0.2, 0.25) is 0 Å². The van der Waals surface area contributed by atoms with Gasteiger partial charge in [0.25, 0.3) is 0 Å². The monoisotopic (exact) mass is 438 g/mol. The van der Waals surface area contributed by atoms with Crippen LogP contribution in [0.1, 0.15) is 45.4 Å². The number of rotatable bonds is 8. The van der Waals surface area contributed by atoms with Crippen molar-refractivity contribution in [3.8, 4) is 0 Å². The zero-order valence-electron chi connectivity index (χ0n) is 15.0. The van der Waals surface area contributed by atoms with Gasteiger partial charge in [0.15, 0.2) is 5.96 Å². The van der Waals surface area contributed by atoms with Gasteiger partial charge in [-0.25, -0.2) is 0 Å². The lowest BCUT2D eigenvalue weighted by atomic mass is 10.1. The van der Waals surface area contributed by atoms with Crippen LogP contribution in [0.25, 0.3) is 0 Å². The van der Waals surface area contributed by atoms with E-state index in [1.807, 2.05) is 7.05 Å². The summed E-state index contributed by atoms with van der Waals surface area (Å²) in [5, 5.41) is 7.20. The molecule has 1 aliphatic carbocycles. The lowest BCUT2D eigenvalue weighted by Crippen LogP contribution is -2.49. The fourth-order valence-corrected chi connectivity index (χ4v) is 3.39. The summed E-state index contributed by atoms with van der Waals surface area (Å²) in [4.78, 5) is 6.95. The van der Waals surface area contributed by atoms with Gasteiger partial charge in [0.1, 0.15) is 0 Å². The molecule has 0 radical (unpaired) electrons. The molecule has 2 unspecified atom stereocenters. The van der Waals surface area contributed by atoms with E-state index in [9.17, 15) is 0 Å². The highest BCUT2D eigenvalue weighted by Crippen LogP contribution is 2.34. The Bertz CT molecular complexity index is 345. The molecule has 2 atom stereocenters. The third-order valence-corrected chi connectivity index (χ3v) is 4.88. The maximum Gasteiger partial charge on any atom is 0.191 e. The minimum Gasteiger partial charge on any atom is -0.385 e. The summed E-state index contributed by atoms with van der Waals surface area (Å²) in [6.45, 7) is 6.66. The zero-order chi connectivity index (χ0) is 15.8. The van der Waals surface area contributed by atoms with Gasteiger partial charge in [-0.15, -0.1) is 24.0 Å². The summed E-state index contributed by atoms with van der Waals surface area (Å²) in [5.41, 5.74) is 0. The Morgan fingerprint density at radius 3 is 2.61 bits per heavy atom. The van der Waals surface area contributed by atoms with E-state index in [2.05, 4.69) is 27.4 Å². The number of methoxy groups -OCH3 is 1. The molecule has 2 aliphatic rings. The predicted octanol–water partition coefficient (Wildman–Crippen LogP) is 2.46. The van der Waals surface area contributed by atoms with Crippen LogP contribution in [0.15, 0.2) is 4.99 Å². The second-order valence-corrected chi connectivity index (χ2v) is 6.71. The summed E-state index contributed by atoms with van der Waals surface area (Å²) in [6.07, 6.45) is 7.49. The van der Waals surface area contributed by atoms with E-state index in [1.165, 1.54) is 45.2 Å². The lowest BCUT2D eigenvalue weighted by molar-refractivity contribution is 0.155. The van der Waals surface area contributed by atoms with E-state index >= 15 is 0 Å². The number of ether oxygens (including phenoxy) is 1. The van der Waals surface area contributed by atoms with Crippen molar-refractivity contribution in [2.45, 2.75) is 57.5 Å². The fourth-order valence-electron chi connectivity index (χ4n) is 3.39. The Hall–Kier alpha value is -0.0800. The first kappa shape index (κ1) is 21.0. The molecule has 5 nitrogen and oxygen atoms in total. The number of halogens is 1. The maximum absolute atomic E-state index is 5.13. The Morgan fingerprint density at radius 2 is 2.00 bits per heavy atom. The molecule has 1 saturated carbocycles. The summed E-state index contributed by atoms with van der Waals surface area (Å²) in [5.74, 6) is 1.87. The summed E-state index contributed by atoms with van der Waals surface area (Å²) in [6, 6.07) is 1.22. The Kier molecular flexibility index (Phi) is 10.5. The second-order valence-electron chi connectivity index (χ2n) is 6.71. The molecule has 23 heavy (non-hydrogen) atoms. The zero-order valence-corrected chi connectivity index (χ0v) is 17.3. The van der Waals surface area contributed by atoms with Gasteiger partial charge in [-0.05, 0) is 38.0 Å². The molecule has 2 rings (SSSR count). The molecule has 0 spiro atoms. The molecule has 1 aliphatic heterocycles. The topological polar surface area (TPSA) is 48.9 Å². The van der Waals surface area contributed by atoms with Crippen molar-refractivity contribution in [1.29, 1.82) is 0 Å². The molecule has 1 heterocycles. The molecule has 6 heteroatoms. The van der Waals surface area contributed by atoms with Gasteiger partial charge in [-0.3, -0.25) is 4.99 Å². The highest BCUT2D eigenvalue weighted by Gasteiger charge is 2.36. The minimum absolute atomic E-state index is 0. The average Bonchev–Trinajstić information content (AvgIpc) is 3.26. The minimum atomic E-state index is 0. The van der Waals surface area contributed by atoms with Crippen LogP contribution in [0.2, 0.25) is 0 Å². The van der Waals surface area contributed by atoms with Crippen molar-refractivity contribution in [1.82, 2.24) is 15.5 Å². The number of aliphatic imine (C=N–C) groups is 1. The van der Waals surface area contributed by atoms with Gasteiger partial charge in [-0.1, -0.05) is 13.3 Å². The molecule has 2 fully saturated rings. The second kappa shape index (κ2) is 11.5. The van der Waals surface area contributed by atoms with E-state index in [0.717, 1.165) is 31.4 Å². The van der Waals surface area contributed by atoms with Crippen molar-refractivity contribution < 1.29 is 4.74 Å². The van der Waals surface area contributed by atoms with Crippen LogP contribution in [-0.2, 0) is 4.74 Å². The molecular weight excluding hydrogens is 403 g/mol. The van der Waals surface area contributed by atoms with Crippen LogP contribution in [0.5, 0.6) is 0 Å². The number of likely N-dealkylation sites (tertiary alicyclic amines) is 1. The molecule has 0 aromatic heterocycles. The number of nitrogens with zero attached hydrogens (tertiary/aromatic N) is 2.